The van der Waals surface area contributed by atoms with Crippen LogP contribution in [0, 0.1) is 3.70 Å². The zero-order valence-corrected chi connectivity index (χ0v) is 9.86. The number of aromatic carboxylic acids is 1. The van der Waals surface area contributed by atoms with Gasteiger partial charge in [0.05, 0.1) is 11.7 Å². The van der Waals surface area contributed by atoms with Crippen LogP contribution in [0.4, 0.5) is 0 Å². The first-order chi connectivity index (χ1) is 5.84. The average molecular weight is 294 g/mol. The molecule has 0 fully saturated rings. The van der Waals surface area contributed by atoms with Gasteiger partial charge in [0.2, 0.25) is 0 Å². The first-order valence-electron chi connectivity index (χ1n) is 3.81. The summed E-state index contributed by atoms with van der Waals surface area (Å²) in [6, 6.07) is 0. The summed E-state index contributed by atoms with van der Waals surface area (Å²) in [4.78, 5) is 10.7. The van der Waals surface area contributed by atoms with Crippen LogP contribution in [0.25, 0.3) is 0 Å². The summed E-state index contributed by atoms with van der Waals surface area (Å²) in [6.07, 6.45) is 1.38. The summed E-state index contributed by atoms with van der Waals surface area (Å²) in [5.74, 6) is -0.931. The Morgan fingerprint density at radius 2 is 2.15 bits per heavy atom. The number of halogens is 1. The third-order valence-corrected chi connectivity index (χ3v) is 2.61. The number of carboxylic acid groups (broad SMARTS) is 1. The largest absolute Gasteiger partial charge is 0.478 e. The molecule has 0 saturated carbocycles. The normalized spacial score (nSPS) is 11.7. The highest BCUT2D eigenvalue weighted by molar-refractivity contribution is 14.1. The Hall–Kier alpha value is -0.590. The van der Waals surface area contributed by atoms with E-state index < -0.39 is 5.97 Å². The summed E-state index contributed by atoms with van der Waals surface area (Å²) in [5, 5.41) is 12.8. The molecule has 0 aromatic carbocycles. The molecule has 0 spiro atoms. The van der Waals surface area contributed by atoms with E-state index >= 15 is 0 Å². The predicted octanol–water partition coefficient (Wildman–Crippen LogP) is 1.94. The van der Waals surface area contributed by atoms with Gasteiger partial charge in [-0.05, 0) is 43.4 Å². The van der Waals surface area contributed by atoms with Crippen LogP contribution in [0.2, 0.25) is 0 Å². The second kappa shape index (κ2) is 3.28. The fourth-order valence-electron chi connectivity index (χ4n) is 0.945. The number of nitrogens with zero attached hydrogens (tertiary/aromatic N) is 2. The lowest BCUT2D eigenvalue weighted by Gasteiger charge is -2.20. The molecule has 1 aromatic rings. The van der Waals surface area contributed by atoms with Gasteiger partial charge in [0.1, 0.15) is 9.26 Å². The molecule has 0 radical (unpaired) electrons. The molecule has 5 heteroatoms. The molecule has 0 aliphatic heterocycles. The Kier molecular flexibility index (Phi) is 2.65. The molecule has 0 bridgehead atoms. The minimum atomic E-state index is -0.931. The van der Waals surface area contributed by atoms with Crippen LogP contribution >= 0.6 is 22.6 Å². The second-order valence-electron chi connectivity index (χ2n) is 3.74. The van der Waals surface area contributed by atoms with Gasteiger partial charge >= 0.3 is 5.97 Å². The molecule has 72 valence electrons. The van der Waals surface area contributed by atoms with Crippen molar-refractivity contribution in [2.75, 3.05) is 0 Å². The Morgan fingerprint density at radius 1 is 1.62 bits per heavy atom. The third-order valence-electron chi connectivity index (χ3n) is 1.58. The van der Waals surface area contributed by atoms with Crippen molar-refractivity contribution in [2.24, 2.45) is 0 Å². The molecule has 13 heavy (non-hydrogen) atoms. The van der Waals surface area contributed by atoms with Gasteiger partial charge in [0.25, 0.3) is 0 Å². The highest BCUT2D eigenvalue weighted by atomic mass is 127. The highest BCUT2D eigenvalue weighted by Crippen LogP contribution is 2.20. The fraction of sp³-hybridized carbons (Fsp3) is 0.500. The van der Waals surface area contributed by atoms with Crippen molar-refractivity contribution >= 4 is 28.6 Å². The lowest BCUT2D eigenvalue weighted by Crippen LogP contribution is -2.24. The van der Waals surface area contributed by atoms with Gasteiger partial charge in [-0.25, -0.2) is 4.79 Å². The van der Waals surface area contributed by atoms with E-state index in [1.54, 1.807) is 4.68 Å². The van der Waals surface area contributed by atoms with Crippen molar-refractivity contribution in [2.45, 2.75) is 26.3 Å². The smallest absolute Gasteiger partial charge is 0.340 e. The van der Waals surface area contributed by atoms with Gasteiger partial charge in [-0.1, -0.05) is 0 Å². The van der Waals surface area contributed by atoms with E-state index in [4.69, 9.17) is 5.11 Å². The molecule has 0 saturated heterocycles. The molecule has 1 aromatic heterocycles. The summed E-state index contributed by atoms with van der Waals surface area (Å²) >= 11 is 2.00. The minimum Gasteiger partial charge on any atom is -0.478 e. The van der Waals surface area contributed by atoms with Gasteiger partial charge in [0.15, 0.2) is 0 Å². The zero-order valence-electron chi connectivity index (χ0n) is 7.71. The Labute approximate surface area is 90.1 Å². The van der Waals surface area contributed by atoms with Crippen molar-refractivity contribution in [1.82, 2.24) is 9.78 Å². The number of hydrogen-bond donors (Lipinski definition) is 1. The van der Waals surface area contributed by atoms with Crippen molar-refractivity contribution < 1.29 is 9.90 Å². The molecule has 0 unspecified atom stereocenters. The quantitative estimate of drug-likeness (QED) is 0.805. The van der Waals surface area contributed by atoms with E-state index in [-0.39, 0.29) is 11.1 Å². The average Bonchev–Trinajstić information content (AvgIpc) is 2.28. The molecule has 1 N–H and O–H groups in total. The first-order valence-corrected chi connectivity index (χ1v) is 4.89. The van der Waals surface area contributed by atoms with Crippen molar-refractivity contribution in [3.05, 3.63) is 15.5 Å². The van der Waals surface area contributed by atoms with E-state index in [1.807, 2.05) is 43.4 Å². The maximum Gasteiger partial charge on any atom is 0.340 e. The summed E-state index contributed by atoms with van der Waals surface area (Å²) in [5.41, 5.74) is 0.0834. The van der Waals surface area contributed by atoms with Gasteiger partial charge in [-0.3, -0.25) is 4.68 Å². The monoisotopic (exact) mass is 294 g/mol. The number of hydrogen-bond acceptors (Lipinski definition) is 2. The second-order valence-corrected chi connectivity index (χ2v) is 4.76. The summed E-state index contributed by atoms with van der Waals surface area (Å²) in [6.45, 7) is 5.94. The van der Waals surface area contributed by atoms with E-state index in [0.717, 1.165) is 0 Å². The predicted molar refractivity (Wildman–Crippen MR) is 56.9 cm³/mol. The fourth-order valence-corrected chi connectivity index (χ4v) is 2.16. The van der Waals surface area contributed by atoms with E-state index in [2.05, 4.69) is 5.10 Å². The lowest BCUT2D eigenvalue weighted by molar-refractivity contribution is 0.0695. The topological polar surface area (TPSA) is 55.1 Å². The van der Waals surface area contributed by atoms with Crippen LogP contribution in [-0.4, -0.2) is 20.9 Å². The van der Waals surface area contributed by atoms with Crippen LogP contribution < -0.4 is 0 Å². The molecule has 0 aliphatic rings. The van der Waals surface area contributed by atoms with Crippen LogP contribution in [0.5, 0.6) is 0 Å². The molecule has 1 rings (SSSR count). The zero-order chi connectivity index (χ0) is 10.2. The molecule has 0 aliphatic carbocycles. The summed E-state index contributed by atoms with van der Waals surface area (Å²) < 4.78 is 2.37. The Balaban J connectivity index is 3.22. The SMILES string of the molecule is CC(C)(C)n1ncc(C(=O)O)c1I. The van der Waals surface area contributed by atoms with Gasteiger partial charge in [0, 0.05) is 0 Å². The first kappa shape index (κ1) is 10.5. The van der Waals surface area contributed by atoms with E-state index in [9.17, 15) is 4.79 Å². The van der Waals surface area contributed by atoms with Crippen molar-refractivity contribution in [3.8, 4) is 0 Å². The molecule has 0 atom stereocenters. The van der Waals surface area contributed by atoms with Gasteiger partial charge in [-0.2, -0.15) is 5.10 Å². The molecular formula is C8H11IN2O2. The molecular weight excluding hydrogens is 283 g/mol. The molecule has 1 heterocycles. The third kappa shape index (κ3) is 2.01. The maximum absolute atomic E-state index is 10.7. The van der Waals surface area contributed by atoms with Crippen molar-refractivity contribution in [1.29, 1.82) is 0 Å². The maximum atomic E-state index is 10.7. The molecule has 0 amide bonds. The van der Waals surface area contributed by atoms with E-state index in [1.165, 1.54) is 6.20 Å². The van der Waals surface area contributed by atoms with Crippen LogP contribution in [-0.2, 0) is 5.54 Å². The van der Waals surface area contributed by atoms with E-state index in [0.29, 0.717) is 3.70 Å². The van der Waals surface area contributed by atoms with Crippen LogP contribution in [0.1, 0.15) is 31.1 Å². The van der Waals surface area contributed by atoms with Gasteiger partial charge < -0.3 is 5.11 Å². The van der Waals surface area contributed by atoms with Crippen LogP contribution in [0.15, 0.2) is 6.20 Å². The summed E-state index contributed by atoms with van der Waals surface area (Å²) in [7, 11) is 0. The van der Waals surface area contributed by atoms with Crippen LogP contribution in [0.3, 0.4) is 0 Å². The van der Waals surface area contributed by atoms with Crippen molar-refractivity contribution in [3.63, 3.8) is 0 Å². The number of aromatic nitrogens is 2. The molecule has 4 nitrogen and oxygen atoms in total. The minimum absolute atomic E-state index is 0.176. The number of rotatable bonds is 1. The Morgan fingerprint density at radius 3 is 2.38 bits per heavy atom. The number of carbonyl (C=O) groups is 1. The van der Waals surface area contributed by atoms with Gasteiger partial charge in [-0.15, -0.1) is 0 Å². The lowest BCUT2D eigenvalue weighted by atomic mass is 10.1. The standard InChI is InChI=1S/C8H11IN2O2/c1-8(2,3)11-6(9)5(4-10-11)7(12)13/h4H,1-3H3,(H,12,13). The Bertz CT molecular complexity index is 338. The highest BCUT2D eigenvalue weighted by Gasteiger charge is 2.21. The number of carboxylic acids is 1.